The molecule has 21 heavy (non-hydrogen) atoms. The fraction of sp³-hybridized carbons (Fsp3) is 0.667. The average molecular weight is 290 g/mol. The zero-order chi connectivity index (χ0) is 15.1. The molecule has 3 atom stereocenters. The molecule has 3 heteroatoms. The van der Waals surface area contributed by atoms with Crippen molar-refractivity contribution in [2.24, 2.45) is 5.73 Å². The molecule has 2 rings (SSSR count). The molecule has 3 nitrogen and oxygen atoms in total. The van der Waals surface area contributed by atoms with Crippen LogP contribution in [0.5, 0.6) is 0 Å². The van der Waals surface area contributed by atoms with Gasteiger partial charge in [0, 0.05) is 18.6 Å². The summed E-state index contributed by atoms with van der Waals surface area (Å²) in [6.07, 6.45) is 6.61. The molecule has 1 heterocycles. The van der Waals surface area contributed by atoms with Gasteiger partial charge in [-0.3, -0.25) is 4.90 Å². The predicted molar refractivity (Wildman–Crippen MR) is 88.2 cm³/mol. The zero-order valence-electron chi connectivity index (χ0n) is 13.2. The summed E-state index contributed by atoms with van der Waals surface area (Å²) in [5.74, 6) is 0. The van der Waals surface area contributed by atoms with E-state index in [9.17, 15) is 5.11 Å². The van der Waals surface area contributed by atoms with Gasteiger partial charge in [-0.1, -0.05) is 50.1 Å². The van der Waals surface area contributed by atoms with Gasteiger partial charge in [0.25, 0.3) is 0 Å². The Morgan fingerprint density at radius 2 is 2.00 bits per heavy atom. The minimum absolute atomic E-state index is 0.187. The molecule has 0 spiro atoms. The van der Waals surface area contributed by atoms with Crippen LogP contribution in [0, 0.1) is 0 Å². The normalized spacial score (nSPS) is 23.5. The first-order valence-electron chi connectivity index (χ1n) is 8.42. The molecule has 3 N–H and O–H groups in total. The standard InChI is InChI=1S/C18H30N2O/c1-2-16-11-7-4-8-12-20(16)14-18(21)17(19)13-15-9-5-3-6-10-15/h3,5-6,9-10,16-18,21H,2,4,7-8,11-14,19H2,1H3. The fourth-order valence-corrected chi connectivity index (χ4v) is 3.34. The molecule has 0 saturated carbocycles. The van der Waals surface area contributed by atoms with E-state index in [-0.39, 0.29) is 6.04 Å². The molecule has 1 aliphatic heterocycles. The quantitative estimate of drug-likeness (QED) is 0.846. The Bertz CT molecular complexity index is 395. The van der Waals surface area contributed by atoms with E-state index in [2.05, 4.69) is 24.0 Å². The molecule has 1 aliphatic rings. The van der Waals surface area contributed by atoms with Crippen molar-refractivity contribution in [3.63, 3.8) is 0 Å². The minimum atomic E-state index is -0.447. The lowest BCUT2D eigenvalue weighted by molar-refractivity contribution is 0.0695. The number of nitrogens with two attached hydrogens (primary N) is 1. The summed E-state index contributed by atoms with van der Waals surface area (Å²) in [4.78, 5) is 2.46. The van der Waals surface area contributed by atoms with E-state index in [0.29, 0.717) is 12.6 Å². The largest absolute Gasteiger partial charge is 0.390 e. The summed E-state index contributed by atoms with van der Waals surface area (Å²) in [5, 5.41) is 10.5. The van der Waals surface area contributed by atoms with Gasteiger partial charge in [0.1, 0.15) is 0 Å². The maximum absolute atomic E-state index is 10.5. The van der Waals surface area contributed by atoms with Gasteiger partial charge in [0.05, 0.1) is 6.10 Å². The SMILES string of the molecule is CCC1CCCCCN1CC(O)C(N)Cc1ccccc1. The van der Waals surface area contributed by atoms with E-state index in [1.54, 1.807) is 0 Å². The number of β-amino-alcohol motifs (C(OH)–C–C–N with tert-alkyl or cyclic N) is 1. The van der Waals surface area contributed by atoms with Crippen molar-refractivity contribution in [1.82, 2.24) is 4.90 Å². The summed E-state index contributed by atoms with van der Waals surface area (Å²) >= 11 is 0. The summed E-state index contributed by atoms with van der Waals surface area (Å²) < 4.78 is 0. The number of likely N-dealkylation sites (tertiary alicyclic amines) is 1. The maximum Gasteiger partial charge on any atom is 0.0821 e. The van der Waals surface area contributed by atoms with Crippen molar-refractivity contribution >= 4 is 0 Å². The van der Waals surface area contributed by atoms with Crippen LogP contribution in [0.2, 0.25) is 0 Å². The summed E-state index contributed by atoms with van der Waals surface area (Å²) in [7, 11) is 0. The molecule has 0 bridgehead atoms. The molecule has 3 unspecified atom stereocenters. The second-order valence-electron chi connectivity index (χ2n) is 6.33. The average Bonchev–Trinajstić information content (AvgIpc) is 2.73. The van der Waals surface area contributed by atoms with Crippen LogP contribution in [0.4, 0.5) is 0 Å². The van der Waals surface area contributed by atoms with Crippen LogP contribution in [0.3, 0.4) is 0 Å². The second-order valence-corrected chi connectivity index (χ2v) is 6.33. The van der Waals surface area contributed by atoms with Crippen LogP contribution in [0.25, 0.3) is 0 Å². The minimum Gasteiger partial charge on any atom is -0.390 e. The van der Waals surface area contributed by atoms with Gasteiger partial charge < -0.3 is 10.8 Å². The van der Waals surface area contributed by atoms with Gasteiger partial charge in [-0.2, -0.15) is 0 Å². The van der Waals surface area contributed by atoms with Crippen LogP contribution in [-0.2, 0) is 6.42 Å². The molecule has 1 fully saturated rings. The zero-order valence-corrected chi connectivity index (χ0v) is 13.2. The first-order valence-corrected chi connectivity index (χ1v) is 8.42. The molecule has 1 aromatic carbocycles. The van der Waals surface area contributed by atoms with E-state index in [0.717, 1.165) is 13.0 Å². The Hall–Kier alpha value is -0.900. The van der Waals surface area contributed by atoms with Crippen molar-refractivity contribution in [1.29, 1.82) is 0 Å². The van der Waals surface area contributed by atoms with E-state index in [4.69, 9.17) is 5.73 Å². The van der Waals surface area contributed by atoms with Crippen molar-refractivity contribution in [3.05, 3.63) is 35.9 Å². The van der Waals surface area contributed by atoms with Crippen molar-refractivity contribution in [2.75, 3.05) is 13.1 Å². The molecular formula is C18H30N2O. The summed E-state index contributed by atoms with van der Waals surface area (Å²) in [6.45, 7) is 4.07. The van der Waals surface area contributed by atoms with Gasteiger partial charge >= 0.3 is 0 Å². The Morgan fingerprint density at radius 3 is 2.71 bits per heavy atom. The van der Waals surface area contributed by atoms with Gasteiger partial charge in [-0.05, 0) is 37.8 Å². The molecular weight excluding hydrogens is 260 g/mol. The Kier molecular flexibility index (Phi) is 6.68. The van der Waals surface area contributed by atoms with Gasteiger partial charge in [0.2, 0.25) is 0 Å². The summed E-state index contributed by atoms with van der Waals surface area (Å²) in [6, 6.07) is 10.6. The highest BCUT2D eigenvalue weighted by Gasteiger charge is 2.24. The van der Waals surface area contributed by atoms with Crippen molar-refractivity contribution < 1.29 is 5.11 Å². The number of hydrogen-bond acceptors (Lipinski definition) is 3. The van der Waals surface area contributed by atoms with Gasteiger partial charge in [0.15, 0.2) is 0 Å². The monoisotopic (exact) mass is 290 g/mol. The number of benzene rings is 1. The second kappa shape index (κ2) is 8.52. The molecule has 0 amide bonds. The Labute approximate surface area is 129 Å². The van der Waals surface area contributed by atoms with E-state index < -0.39 is 6.10 Å². The number of hydrogen-bond donors (Lipinski definition) is 2. The van der Waals surface area contributed by atoms with Gasteiger partial charge in [-0.25, -0.2) is 0 Å². The molecule has 0 aliphatic carbocycles. The number of aliphatic hydroxyl groups excluding tert-OH is 1. The lowest BCUT2D eigenvalue weighted by Crippen LogP contribution is -2.47. The third-order valence-corrected chi connectivity index (χ3v) is 4.70. The maximum atomic E-state index is 10.5. The smallest absolute Gasteiger partial charge is 0.0821 e. The van der Waals surface area contributed by atoms with E-state index in [1.807, 2.05) is 18.2 Å². The van der Waals surface area contributed by atoms with Gasteiger partial charge in [-0.15, -0.1) is 0 Å². The number of nitrogens with zero attached hydrogens (tertiary/aromatic N) is 1. The molecule has 0 aromatic heterocycles. The van der Waals surface area contributed by atoms with E-state index in [1.165, 1.54) is 37.7 Å². The van der Waals surface area contributed by atoms with Crippen LogP contribution >= 0.6 is 0 Å². The lowest BCUT2D eigenvalue weighted by atomic mass is 10.0. The van der Waals surface area contributed by atoms with Crippen LogP contribution in [0.1, 0.15) is 44.6 Å². The molecule has 0 radical (unpaired) electrons. The molecule has 118 valence electrons. The lowest BCUT2D eigenvalue weighted by Gasteiger charge is -2.32. The topological polar surface area (TPSA) is 49.5 Å². The highest BCUT2D eigenvalue weighted by Crippen LogP contribution is 2.19. The van der Waals surface area contributed by atoms with Crippen molar-refractivity contribution in [3.8, 4) is 0 Å². The first kappa shape index (κ1) is 16.5. The van der Waals surface area contributed by atoms with Crippen LogP contribution in [-0.4, -0.2) is 41.3 Å². The van der Waals surface area contributed by atoms with Crippen molar-refractivity contribution in [2.45, 2.75) is 63.6 Å². The van der Waals surface area contributed by atoms with Crippen LogP contribution in [0.15, 0.2) is 30.3 Å². The third kappa shape index (κ3) is 5.10. The first-order chi connectivity index (χ1) is 10.2. The molecule has 1 aromatic rings. The predicted octanol–water partition coefficient (Wildman–Crippen LogP) is 2.57. The van der Waals surface area contributed by atoms with E-state index >= 15 is 0 Å². The molecule has 1 saturated heterocycles. The Morgan fingerprint density at radius 1 is 1.24 bits per heavy atom. The highest BCUT2D eigenvalue weighted by molar-refractivity contribution is 5.16. The highest BCUT2D eigenvalue weighted by atomic mass is 16.3. The third-order valence-electron chi connectivity index (χ3n) is 4.70. The Balaban J connectivity index is 1.88. The fourth-order valence-electron chi connectivity index (χ4n) is 3.34. The number of rotatable bonds is 6. The van der Waals surface area contributed by atoms with Crippen LogP contribution < -0.4 is 5.73 Å². The summed E-state index contributed by atoms with van der Waals surface area (Å²) in [5.41, 5.74) is 7.42. The number of aliphatic hydroxyl groups is 1.